The van der Waals surface area contributed by atoms with E-state index < -0.39 is 16.0 Å². The van der Waals surface area contributed by atoms with E-state index in [2.05, 4.69) is 24.4 Å². The summed E-state index contributed by atoms with van der Waals surface area (Å²) in [6, 6.07) is 8.47. The number of ether oxygens (including phenoxy) is 1. The van der Waals surface area contributed by atoms with Crippen LogP contribution >= 0.6 is 11.6 Å². The van der Waals surface area contributed by atoms with E-state index in [4.69, 9.17) is 11.6 Å². The first-order valence-corrected chi connectivity index (χ1v) is 8.40. The third-order valence-electron chi connectivity index (χ3n) is 3.18. The number of fused-ring (bicyclic) bond motifs is 1. The molecule has 0 aliphatic rings. The van der Waals surface area contributed by atoms with Crippen molar-refractivity contribution in [2.24, 2.45) is 0 Å². The highest BCUT2D eigenvalue weighted by Crippen LogP contribution is 2.27. The second-order valence-electron chi connectivity index (χ2n) is 4.68. The number of hydrogen-bond donors (Lipinski definition) is 1. The fourth-order valence-corrected chi connectivity index (χ4v) is 3.41. The summed E-state index contributed by atoms with van der Waals surface area (Å²) in [5, 5.41) is 7.39. The molecule has 1 N–H and O–H groups in total. The summed E-state index contributed by atoms with van der Waals surface area (Å²) in [4.78, 5) is 11.3. The zero-order valence-electron chi connectivity index (χ0n) is 12.2. The van der Waals surface area contributed by atoms with Crippen LogP contribution in [0.2, 0.25) is 5.02 Å². The molecule has 124 valence electrons. The minimum atomic E-state index is -3.95. The molecule has 2 aromatic carbocycles. The number of nitrogens with zero attached hydrogens (tertiary/aromatic N) is 2. The van der Waals surface area contributed by atoms with Crippen molar-refractivity contribution in [1.82, 2.24) is 10.3 Å². The summed E-state index contributed by atoms with van der Waals surface area (Å²) in [5.74, 6) is -0.516. The Kier molecular flexibility index (Phi) is 4.12. The third kappa shape index (κ3) is 2.91. The van der Waals surface area contributed by atoms with Crippen LogP contribution in [0.3, 0.4) is 0 Å². The van der Waals surface area contributed by atoms with Crippen molar-refractivity contribution >= 4 is 44.3 Å². The van der Waals surface area contributed by atoms with Crippen LogP contribution in [-0.2, 0) is 14.8 Å². The Morgan fingerprint density at radius 3 is 2.46 bits per heavy atom. The van der Waals surface area contributed by atoms with E-state index in [1.54, 1.807) is 0 Å². The zero-order valence-corrected chi connectivity index (χ0v) is 13.8. The lowest BCUT2D eigenvalue weighted by Crippen LogP contribution is -2.13. The standard InChI is InChI=1S/C14H10ClN3O5S/c1-22-14(19)8-2-4-9(5-3-8)18-24(20,21)11-7-6-10(15)12-13(11)17-23-16-12/h2-7,18H,1H3. The summed E-state index contributed by atoms with van der Waals surface area (Å²) in [5.41, 5.74) is 0.749. The number of sulfonamides is 1. The van der Waals surface area contributed by atoms with Crippen molar-refractivity contribution in [3.05, 3.63) is 47.0 Å². The lowest BCUT2D eigenvalue weighted by molar-refractivity contribution is 0.0601. The fraction of sp³-hybridized carbons (Fsp3) is 0.0714. The van der Waals surface area contributed by atoms with Crippen molar-refractivity contribution in [3.63, 3.8) is 0 Å². The number of nitrogens with one attached hydrogen (secondary N) is 1. The van der Waals surface area contributed by atoms with Crippen LogP contribution in [-0.4, -0.2) is 31.8 Å². The smallest absolute Gasteiger partial charge is 0.337 e. The summed E-state index contributed by atoms with van der Waals surface area (Å²) >= 11 is 5.92. The van der Waals surface area contributed by atoms with Crippen molar-refractivity contribution in [1.29, 1.82) is 0 Å². The number of rotatable bonds is 4. The molecular formula is C14H10ClN3O5S. The second-order valence-corrected chi connectivity index (χ2v) is 6.74. The van der Waals surface area contributed by atoms with E-state index in [0.29, 0.717) is 5.56 Å². The number of carbonyl (C=O) groups excluding carboxylic acids is 1. The van der Waals surface area contributed by atoms with Gasteiger partial charge in [0.1, 0.15) is 4.90 Å². The van der Waals surface area contributed by atoms with Gasteiger partial charge in [0.05, 0.1) is 17.7 Å². The van der Waals surface area contributed by atoms with Crippen LogP contribution in [0.5, 0.6) is 0 Å². The molecule has 0 amide bonds. The number of halogens is 1. The van der Waals surface area contributed by atoms with E-state index in [-0.39, 0.29) is 26.6 Å². The van der Waals surface area contributed by atoms with E-state index in [1.165, 1.54) is 43.5 Å². The van der Waals surface area contributed by atoms with Gasteiger partial charge in [-0.05, 0) is 46.7 Å². The Bertz CT molecular complexity index is 1010. The first-order valence-electron chi connectivity index (χ1n) is 6.54. The van der Waals surface area contributed by atoms with Crippen LogP contribution in [0.25, 0.3) is 11.0 Å². The number of anilines is 1. The Labute approximate surface area is 141 Å². The predicted octanol–water partition coefficient (Wildman–Crippen LogP) is 2.46. The van der Waals surface area contributed by atoms with Gasteiger partial charge >= 0.3 is 5.97 Å². The van der Waals surface area contributed by atoms with Gasteiger partial charge in [0, 0.05) is 5.69 Å². The first kappa shape index (κ1) is 16.2. The van der Waals surface area contributed by atoms with E-state index in [9.17, 15) is 13.2 Å². The van der Waals surface area contributed by atoms with Gasteiger partial charge in [-0.1, -0.05) is 11.6 Å². The molecule has 0 unspecified atom stereocenters. The normalized spacial score (nSPS) is 11.4. The topological polar surface area (TPSA) is 111 Å². The number of esters is 1. The SMILES string of the molecule is COC(=O)c1ccc(NS(=O)(=O)c2ccc(Cl)c3nonc23)cc1. The largest absolute Gasteiger partial charge is 0.465 e. The summed E-state index contributed by atoms with van der Waals surface area (Å²) < 4.78 is 36.6. The fourth-order valence-electron chi connectivity index (χ4n) is 2.03. The average molecular weight is 368 g/mol. The van der Waals surface area contributed by atoms with Crippen molar-refractivity contribution in [2.45, 2.75) is 4.90 Å². The van der Waals surface area contributed by atoms with Gasteiger partial charge in [-0.25, -0.2) is 17.8 Å². The van der Waals surface area contributed by atoms with Crippen molar-refractivity contribution < 1.29 is 22.6 Å². The summed E-state index contributed by atoms with van der Waals surface area (Å²) in [7, 11) is -2.69. The molecule has 24 heavy (non-hydrogen) atoms. The maximum absolute atomic E-state index is 12.5. The Morgan fingerprint density at radius 2 is 1.79 bits per heavy atom. The Hall–Kier alpha value is -2.65. The quantitative estimate of drug-likeness (QED) is 0.705. The molecule has 0 aliphatic heterocycles. The molecular weight excluding hydrogens is 358 g/mol. The van der Waals surface area contributed by atoms with Gasteiger partial charge < -0.3 is 4.74 Å². The molecule has 0 saturated carbocycles. The van der Waals surface area contributed by atoms with E-state index >= 15 is 0 Å². The van der Waals surface area contributed by atoms with Crippen LogP contribution in [0.4, 0.5) is 5.69 Å². The van der Waals surface area contributed by atoms with Crippen LogP contribution in [0.15, 0.2) is 45.9 Å². The number of methoxy groups -OCH3 is 1. The Morgan fingerprint density at radius 1 is 1.12 bits per heavy atom. The number of carbonyl (C=O) groups is 1. The second kappa shape index (κ2) is 6.10. The minimum Gasteiger partial charge on any atom is -0.465 e. The molecule has 8 nitrogen and oxygen atoms in total. The molecule has 0 aliphatic carbocycles. The van der Waals surface area contributed by atoms with Gasteiger partial charge in [-0.3, -0.25) is 4.72 Å². The summed E-state index contributed by atoms with van der Waals surface area (Å²) in [6.07, 6.45) is 0. The van der Waals surface area contributed by atoms with Crippen LogP contribution < -0.4 is 4.72 Å². The highest BCUT2D eigenvalue weighted by atomic mass is 35.5. The van der Waals surface area contributed by atoms with Crippen LogP contribution in [0.1, 0.15) is 10.4 Å². The monoisotopic (exact) mass is 367 g/mol. The van der Waals surface area contributed by atoms with Gasteiger partial charge in [0.25, 0.3) is 10.0 Å². The molecule has 1 aromatic heterocycles. The third-order valence-corrected chi connectivity index (χ3v) is 4.89. The lowest BCUT2D eigenvalue weighted by Gasteiger charge is -2.09. The lowest BCUT2D eigenvalue weighted by atomic mass is 10.2. The molecule has 0 atom stereocenters. The molecule has 0 spiro atoms. The first-order chi connectivity index (χ1) is 11.4. The van der Waals surface area contributed by atoms with Crippen molar-refractivity contribution in [3.8, 4) is 0 Å². The minimum absolute atomic E-state index is 0.0289. The van der Waals surface area contributed by atoms with Gasteiger partial charge in [-0.2, -0.15) is 0 Å². The predicted molar refractivity (Wildman–Crippen MR) is 85.4 cm³/mol. The molecule has 0 fully saturated rings. The van der Waals surface area contributed by atoms with E-state index in [1.807, 2.05) is 0 Å². The maximum atomic E-state index is 12.5. The maximum Gasteiger partial charge on any atom is 0.337 e. The number of hydrogen-bond acceptors (Lipinski definition) is 7. The molecule has 3 rings (SSSR count). The molecule has 0 radical (unpaired) electrons. The van der Waals surface area contributed by atoms with Gasteiger partial charge in [0.15, 0.2) is 11.0 Å². The number of aromatic nitrogens is 2. The molecule has 0 bridgehead atoms. The highest BCUT2D eigenvalue weighted by molar-refractivity contribution is 7.93. The molecule has 1 heterocycles. The zero-order chi connectivity index (χ0) is 17.3. The molecule has 3 aromatic rings. The van der Waals surface area contributed by atoms with Crippen molar-refractivity contribution in [2.75, 3.05) is 11.8 Å². The number of benzene rings is 2. The Balaban J connectivity index is 1.95. The van der Waals surface area contributed by atoms with Crippen LogP contribution in [0, 0.1) is 0 Å². The average Bonchev–Trinajstić information content (AvgIpc) is 3.05. The molecule has 0 saturated heterocycles. The summed E-state index contributed by atoms with van der Waals surface area (Å²) in [6.45, 7) is 0. The molecule has 10 heteroatoms. The van der Waals surface area contributed by atoms with E-state index in [0.717, 1.165) is 0 Å². The van der Waals surface area contributed by atoms with Gasteiger partial charge in [0.2, 0.25) is 0 Å². The highest BCUT2D eigenvalue weighted by Gasteiger charge is 2.22. The van der Waals surface area contributed by atoms with Gasteiger partial charge in [-0.15, -0.1) is 0 Å².